The number of esters is 1. The number of carbonyl (C=O) groups is 1. The number of halogens is 1. The molecule has 1 saturated carbocycles. The molecule has 92 valence electrons. The van der Waals surface area contributed by atoms with E-state index in [0.717, 1.165) is 16.4 Å². The van der Waals surface area contributed by atoms with E-state index in [9.17, 15) is 4.79 Å². The lowest BCUT2D eigenvalue weighted by Gasteiger charge is -2.20. The summed E-state index contributed by atoms with van der Waals surface area (Å²) >= 11 is 2.16. The second-order valence-electron chi connectivity index (χ2n) is 3.87. The molecule has 0 aliphatic heterocycles. The molecular weight excluding hydrogens is 333 g/mol. The van der Waals surface area contributed by atoms with Crippen molar-refractivity contribution in [3.8, 4) is 0 Å². The molecule has 0 spiro atoms. The first-order chi connectivity index (χ1) is 8.20. The topological polar surface area (TPSA) is 55.3 Å². The van der Waals surface area contributed by atoms with E-state index in [1.54, 1.807) is 19.3 Å². The molecule has 17 heavy (non-hydrogen) atoms. The fraction of sp³-hybridized carbons (Fsp3) is 0.545. The van der Waals surface area contributed by atoms with E-state index in [0.29, 0.717) is 18.6 Å². The quantitative estimate of drug-likeness (QED) is 0.598. The number of ether oxygens (including phenoxy) is 1. The van der Waals surface area contributed by atoms with Crippen molar-refractivity contribution in [3.05, 3.63) is 16.0 Å². The summed E-state index contributed by atoms with van der Waals surface area (Å²) in [4.78, 5) is 21.9. The standard InChI is InChI=1S/C11H14IN3O2/c1-2-17-10(16)7-15(9-3-4-9)11-13-5-8(12)6-14-11/h5-6,9H,2-4,7H2,1H3. The Kier molecular flexibility index (Phi) is 4.14. The number of anilines is 1. The third-order valence-corrected chi connectivity index (χ3v) is 3.01. The van der Waals surface area contributed by atoms with Crippen molar-refractivity contribution in [3.63, 3.8) is 0 Å². The first-order valence-electron chi connectivity index (χ1n) is 5.60. The van der Waals surface area contributed by atoms with Gasteiger partial charge in [-0.05, 0) is 42.4 Å². The molecule has 1 heterocycles. The Morgan fingerprint density at radius 2 is 2.18 bits per heavy atom. The van der Waals surface area contributed by atoms with E-state index in [1.165, 1.54) is 0 Å². The Balaban J connectivity index is 2.06. The molecule has 0 aromatic carbocycles. The SMILES string of the molecule is CCOC(=O)CN(c1ncc(I)cn1)C1CC1. The van der Waals surface area contributed by atoms with Crippen LogP contribution in [0.3, 0.4) is 0 Å². The van der Waals surface area contributed by atoms with Gasteiger partial charge in [0.2, 0.25) is 5.95 Å². The van der Waals surface area contributed by atoms with Crippen LogP contribution in [0.2, 0.25) is 0 Å². The van der Waals surface area contributed by atoms with Crippen LogP contribution in [-0.2, 0) is 9.53 Å². The van der Waals surface area contributed by atoms with Gasteiger partial charge in [-0.1, -0.05) is 0 Å². The van der Waals surface area contributed by atoms with Crippen molar-refractivity contribution in [1.82, 2.24) is 9.97 Å². The van der Waals surface area contributed by atoms with Crippen LogP contribution in [0.1, 0.15) is 19.8 Å². The van der Waals surface area contributed by atoms with Crippen LogP contribution in [0.25, 0.3) is 0 Å². The van der Waals surface area contributed by atoms with Gasteiger partial charge in [0.15, 0.2) is 0 Å². The van der Waals surface area contributed by atoms with E-state index in [1.807, 2.05) is 4.90 Å². The normalized spacial score (nSPS) is 14.5. The zero-order chi connectivity index (χ0) is 12.3. The Morgan fingerprint density at radius 3 is 2.71 bits per heavy atom. The predicted octanol–water partition coefficient (Wildman–Crippen LogP) is 1.61. The van der Waals surface area contributed by atoms with Crippen LogP contribution in [0.15, 0.2) is 12.4 Å². The number of aromatic nitrogens is 2. The van der Waals surface area contributed by atoms with Crippen LogP contribution in [-0.4, -0.2) is 35.1 Å². The molecule has 0 bridgehead atoms. The van der Waals surface area contributed by atoms with Gasteiger partial charge >= 0.3 is 5.97 Å². The molecule has 6 heteroatoms. The third-order valence-electron chi connectivity index (χ3n) is 2.46. The number of rotatable bonds is 5. The highest BCUT2D eigenvalue weighted by Crippen LogP contribution is 2.29. The highest BCUT2D eigenvalue weighted by molar-refractivity contribution is 14.1. The summed E-state index contributed by atoms with van der Waals surface area (Å²) in [5.41, 5.74) is 0. The second kappa shape index (κ2) is 5.61. The van der Waals surface area contributed by atoms with Crippen LogP contribution in [0.5, 0.6) is 0 Å². The minimum absolute atomic E-state index is 0.221. The number of hydrogen-bond donors (Lipinski definition) is 0. The lowest BCUT2D eigenvalue weighted by atomic mass is 10.5. The van der Waals surface area contributed by atoms with Crippen molar-refractivity contribution in [2.75, 3.05) is 18.1 Å². The summed E-state index contributed by atoms with van der Waals surface area (Å²) in [5.74, 6) is 0.391. The Morgan fingerprint density at radius 1 is 1.53 bits per heavy atom. The van der Waals surface area contributed by atoms with Gasteiger partial charge in [-0.15, -0.1) is 0 Å². The summed E-state index contributed by atoms with van der Waals surface area (Å²) in [6.45, 7) is 2.45. The van der Waals surface area contributed by atoms with Gasteiger partial charge in [-0.25, -0.2) is 9.97 Å². The highest BCUT2D eigenvalue weighted by Gasteiger charge is 2.32. The van der Waals surface area contributed by atoms with Crippen molar-refractivity contribution in [2.24, 2.45) is 0 Å². The first kappa shape index (κ1) is 12.5. The van der Waals surface area contributed by atoms with Crippen LogP contribution in [0, 0.1) is 3.57 Å². The van der Waals surface area contributed by atoms with Crippen molar-refractivity contribution < 1.29 is 9.53 Å². The second-order valence-corrected chi connectivity index (χ2v) is 5.11. The lowest BCUT2D eigenvalue weighted by molar-refractivity contribution is -0.141. The molecule has 2 rings (SSSR count). The fourth-order valence-electron chi connectivity index (χ4n) is 1.55. The molecular formula is C11H14IN3O2. The van der Waals surface area contributed by atoms with Crippen molar-refractivity contribution in [2.45, 2.75) is 25.8 Å². The van der Waals surface area contributed by atoms with Gasteiger partial charge in [0, 0.05) is 22.0 Å². The zero-order valence-electron chi connectivity index (χ0n) is 9.60. The molecule has 1 fully saturated rings. The molecule has 5 nitrogen and oxygen atoms in total. The lowest BCUT2D eigenvalue weighted by Crippen LogP contribution is -2.34. The molecule has 0 saturated heterocycles. The van der Waals surface area contributed by atoms with Crippen LogP contribution >= 0.6 is 22.6 Å². The van der Waals surface area contributed by atoms with Crippen molar-refractivity contribution >= 4 is 34.5 Å². The smallest absolute Gasteiger partial charge is 0.325 e. The molecule has 0 unspecified atom stereocenters. The van der Waals surface area contributed by atoms with Gasteiger partial charge in [0.25, 0.3) is 0 Å². The van der Waals surface area contributed by atoms with E-state index in [4.69, 9.17) is 4.74 Å². The van der Waals surface area contributed by atoms with E-state index in [-0.39, 0.29) is 12.5 Å². The van der Waals surface area contributed by atoms with Gasteiger partial charge in [0.1, 0.15) is 6.54 Å². The minimum atomic E-state index is -0.221. The largest absolute Gasteiger partial charge is 0.465 e. The van der Waals surface area contributed by atoms with E-state index < -0.39 is 0 Å². The monoisotopic (exact) mass is 347 g/mol. The van der Waals surface area contributed by atoms with Crippen LogP contribution in [0.4, 0.5) is 5.95 Å². The minimum Gasteiger partial charge on any atom is -0.465 e. The summed E-state index contributed by atoms with van der Waals surface area (Å²) in [7, 11) is 0. The Bertz CT molecular complexity index is 392. The first-order valence-corrected chi connectivity index (χ1v) is 6.68. The summed E-state index contributed by atoms with van der Waals surface area (Å²) in [6, 6.07) is 0.388. The van der Waals surface area contributed by atoms with Gasteiger partial charge in [-0.2, -0.15) is 0 Å². The maximum atomic E-state index is 11.5. The third kappa shape index (κ3) is 3.52. The number of nitrogens with zero attached hydrogens (tertiary/aromatic N) is 3. The van der Waals surface area contributed by atoms with Crippen LogP contribution < -0.4 is 4.90 Å². The van der Waals surface area contributed by atoms with E-state index >= 15 is 0 Å². The summed E-state index contributed by atoms with van der Waals surface area (Å²) in [5, 5.41) is 0. The molecule has 0 radical (unpaired) electrons. The Hall–Kier alpha value is -0.920. The van der Waals surface area contributed by atoms with Gasteiger partial charge in [0.05, 0.1) is 6.61 Å². The Labute approximate surface area is 114 Å². The van der Waals surface area contributed by atoms with Gasteiger partial charge < -0.3 is 9.64 Å². The molecule has 1 aliphatic rings. The van der Waals surface area contributed by atoms with E-state index in [2.05, 4.69) is 32.6 Å². The average molecular weight is 347 g/mol. The highest BCUT2D eigenvalue weighted by atomic mass is 127. The molecule has 1 aromatic heterocycles. The van der Waals surface area contributed by atoms with Gasteiger partial charge in [-0.3, -0.25) is 4.79 Å². The molecule has 1 aromatic rings. The van der Waals surface area contributed by atoms with Crippen molar-refractivity contribution in [1.29, 1.82) is 0 Å². The summed E-state index contributed by atoms with van der Waals surface area (Å²) in [6.07, 6.45) is 5.69. The average Bonchev–Trinajstić information content (AvgIpc) is 3.12. The number of hydrogen-bond acceptors (Lipinski definition) is 5. The fourth-order valence-corrected chi connectivity index (χ4v) is 1.83. The summed E-state index contributed by atoms with van der Waals surface area (Å²) < 4.78 is 5.94. The molecule has 0 amide bonds. The number of carbonyl (C=O) groups excluding carboxylic acids is 1. The predicted molar refractivity (Wildman–Crippen MR) is 71.8 cm³/mol. The maximum Gasteiger partial charge on any atom is 0.325 e. The maximum absolute atomic E-state index is 11.5. The molecule has 1 aliphatic carbocycles. The zero-order valence-corrected chi connectivity index (χ0v) is 11.8. The molecule has 0 atom stereocenters. The molecule has 0 N–H and O–H groups in total.